The molecule has 0 aromatic rings. The number of rotatable bonds is 3. The fourth-order valence-electron chi connectivity index (χ4n) is 1.81. The Labute approximate surface area is 120 Å². The lowest BCUT2D eigenvalue weighted by molar-refractivity contribution is 0.444. The van der Waals surface area contributed by atoms with Crippen LogP contribution >= 0.6 is 0 Å². The molecule has 0 aromatic carbocycles. The summed E-state index contributed by atoms with van der Waals surface area (Å²) in [6.45, 7) is 8.92. The van der Waals surface area contributed by atoms with Gasteiger partial charge in [-0.05, 0) is 58.7 Å². The molecule has 0 unspecified atom stereocenters. The number of nitrogens with zero attached hydrogens (tertiary/aromatic N) is 3. The van der Waals surface area contributed by atoms with Crippen LogP contribution in [0.5, 0.6) is 0 Å². The third-order valence-corrected chi connectivity index (χ3v) is 2.66. The van der Waals surface area contributed by atoms with Gasteiger partial charge in [-0.25, -0.2) is 0 Å². The van der Waals surface area contributed by atoms with E-state index < -0.39 is 0 Å². The normalized spacial score (nSPS) is 16.3. The molecule has 1 aliphatic rings. The summed E-state index contributed by atoms with van der Waals surface area (Å²) in [6.07, 6.45) is 13.5. The van der Waals surface area contributed by atoms with Crippen LogP contribution in [-0.4, -0.2) is 38.3 Å². The summed E-state index contributed by atoms with van der Waals surface area (Å²) in [5, 5.41) is 0. The van der Waals surface area contributed by atoms with Gasteiger partial charge in [0.1, 0.15) is 0 Å². The Balaban J connectivity index is 0. The Hall–Kier alpha value is -0.990. The molecule has 1 saturated carbocycles. The van der Waals surface area contributed by atoms with E-state index in [0.29, 0.717) is 6.04 Å². The maximum absolute atomic E-state index is 4.36. The fourth-order valence-corrected chi connectivity index (χ4v) is 1.81. The van der Waals surface area contributed by atoms with Gasteiger partial charge in [-0.3, -0.25) is 9.98 Å². The molecule has 112 valence electrons. The van der Waals surface area contributed by atoms with Gasteiger partial charge in [0, 0.05) is 19.6 Å². The van der Waals surface area contributed by atoms with E-state index in [1.54, 1.807) is 13.3 Å². The van der Waals surface area contributed by atoms with E-state index in [2.05, 4.69) is 21.9 Å². The number of hydrogen-bond donors (Lipinski definition) is 0. The predicted molar refractivity (Wildman–Crippen MR) is 90.5 cm³/mol. The van der Waals surface area contributed by atoms with Crippen LogP contribution in [0, 0.1) is 0 Å². The van der Waals surface area contributed by atoms with Gasteiger partial charge in [-0.15, -0.1) is 0 Å². The zero-order valence-corrected chi connectivity index (χ0v) is 13.6. The molecule has 19 heavy (non-hydrogen) atoms. The van der Waals surface area contributed by atoms with Gasteiger partial charge in [0.05, 0.1) is 0 Å². The molecule has 0 aliphatic heterocycles. The van der Waals surface area contributed by atoms with E-state index in [-0.39, 0.29) is 0 Å². The number of aliphatic imine (C=N–C) groups is 3. The van der Waals surface area contributed by atoms with E-state index in [4.69, 9.17) is 0 Å². The molecule has 3 heteroatoms. The van der Waals surface area contributed by atoms with Crippen LogP contribution in [0.2, 0.25) is 0 Å². The van der Waals surface area contributed by atoms with Gasteiger partial charge in [0.25, 0.3) is 0 Å². The standard InChI is InChI=1S/C8H15N.2C4H9N/c1-2-9-8-6-4-3-5-7-8;1-3-4-5-2;1-3-5-4-2/h2,8H,3-7H2,1H3;4H,3H2,1-2H3;3H,4H2,1-2H3. The molecule has 0 bridgehead atoms. The van der Waals surface area contributed by atoms with E-state index in [0.717, 1.165) is 13.0 Å². The zero-order chi connectivity index (χ0) is 14.8. The van der Waals surface area contributed by atoms with Crippen molar-refractivity contribution in [2.24, 2.45) is 15.0 Å². The Morgan fingerprint density at radius 3 is 1.89 bits per heavy atom. The summed E-state index contributed by atoms with van der Waals surface area (Å²) < 4.78 is 0. The molecule has 3 nitrogen and oxygen atoms in total. The topological polar surface area (TPSA) is 37.1 Å². The molecule has 1 fully saturated rings. The van der Waals surface area contributed by atoms with Gasteiger partial charge in [0.2, 0.25) is 0 Å². The van der Waals surface area contributed by atoms with Crippen molar-refractivity contribution in [2.45, 2.75) is 72.3 Å². The Bertz CT molecular complexity index is 214. The van der Waals surface area contributed by atoms with Crippen molar-refractivity contribution in [1.82, 2.24) is 0 Å². The van der Waals surface area contributed by atoms with Gasteiger partial charge in [-0.2, -0.15) is 0 Å². The van der Waals surface area contributed by atoms with Crippen molar-refractivity contribution in [3.63, 3.8) is 0 Å². The molecule has 0 heterocycles. The van der Waals surface area contributed by atoms with Crippen LogP contribution < -0.4 is 0 Å². The summed E-state index contributed by atoms with van der Waals surface area (Å²) >= 11 is 0. The molecule has 0 saturated heterocycles. The molecule has 1 rings (SSSR count). The summed E-state index contributed by atoms with van der Waals surface area (Å²) in [7, 11) is 1.78. The van der Waals surface area contributed by atoms with Crippen LogP contribution in [0.1, 0.15) is 66.2 Å². The average molecular weight is 267 g/mol. The van der Waals surface area contributed by atoms with Crippen LogP contribution in [-0.2, 0) is 0 Å². The first-order chi connectivity index (χ1) is 9.26. The molecule has 0 spiro atoms. The van der Waals surface area contributed by atoms with Gasteiger partial charge >= 0.3 is 0 Å². The van der Waals surface area contributed by atoms with Crippen molar-refractivity contribution < 1.29 is 0 Å². The van der Waals surface area contributed by atoms with E-state index >= 15 is 0 Å². The molecule has 0 radical (unpaired) electrons. The minimum atomic E-state index is 0.670. The zero-order valence-electron chi connectivity index (χ0n) is 13.6. The monoisotopic (exact) mass is 267 g/mol. The molecule has 0 aromatic heterocycles. The summed E-state index contributed by atoms with van der Waals surface area (Å²) in [4.78, 5) is 11.9. The highest BCUT2D eigenvalue weighted by molar-refractivity contribution is 5.56. The molecule has 0 N–H and O–H groups in total. The second kappa shape index (κ2) is 19.4. The highest BCUT2D eigenvalue weighted by Gasteiger charge is 2.09. The first-order valence-corrected chi connectivity index (χ1v) is 7.59. The minimum absolute atomic E-state index is 0.670. The highest BCUT2D eigenvalue weighted by Crippen LogP contribution is 2.19. The van der Waals surface area contributed by atoms with Crippen molar-refractivity contribution in [3.8, 4) is 0 Å². The van der Waals surface area contributed by atoms with E-state index in [1.165, 1.54) is 32.1 Å². The smallest absolute Gasteiger partial charge is 0.0495 e. The average Bonchev–Trinajstić information content (AvgIpc) is 2.44. The van der Waals surface area contributed by atoms with Gasteiger partial charge in [0.15, 0.2) is 0 Å². The third kappa shape index (κ3) is 19.5. The van der Waals surface area contributed by atoms with Crippen LogP contribution in [0.3, 0.4) is 0 Å². The first-order valence-electron chi connectivity index (χ1n) is 7.59. The first kappa shape index (κ1) is 20.3. The lowest BCUT2D eigenvalue weighted by Gasteiger charge is -2.16. The summed E-state index contributed by atoms with van der Waals surface area (Å²) in [5.41, 5.74) is 0. The second-order valence-corrected chi connectivity index (χ2v) is 4.31. The Kier molecular flexibility index (Phi) is 20.7. The van der Waals surface area contributed by atoms with E-state index in [9.17, 15) is 0 Å². The van der Waals surface area contributed by atoms with E-state index in [1.807, 2.05) is 33.2 Å². The van der Waals surface area contributed by atoms with Crippen LogP contribution in [0.4, 0.5) is 0 Å². The molecule has 0 amide bonds. The van der Waals surface area contributed by atoms with Crippen molar-refractivity contribution >= 4 is 18.6 Å². The Morgan fingerprint density at radius 2 is 1.63 bits per heavy atom. The Morgan fingerprint density at radius 1 is 1.00 bits per heavy atom. The quantitative estimate of drug-likeness (QED) is 0.670. The highest BCUT2D eigenvalue weighted by atomic mass is 14.8. The lowest BCUT2D eigenvalue weighted by Crippen LogP contribution is -2.08. The third-order valence-electron chi connectivity index (χ3n) is 2.66. The van der Waals surface area contributed by atoms with Crippen molar-refractivity contribution in [1.29, 1.82) is 0 Å². The minimum Gasteiger partial charge on any atom is -0.301 e. The maximum atomic E-state index is 4.36. The second-order valence-electron chi connectivity index (χ2n) is 4.31. The van der Waals surface area contributed by atoms with Crippen molar-refractivity contribution in [2.75, 3.05) is 13.6 Å². The van der Waals surface area contributed by atoms with Gasteiger partial charge in [-0.1, -0.05) is 26.2 Å². The van der Waals surface area contributed by atoms with Crippen LogP contribution in [0.25, 0.3) is 0 Å². The molecule has 1 aliphatic carbocycles. The van der Waals surface area contributed by atoms with Crippen LogP contribution in [0.15, 0.2) is 15.0 Å². The largest absolute Gasteiger partial charge is 0.301 e. The van der Waals surface area contributed by atoms with Crippen molar-refractivity contribution in [3.05, 3.63) is 0 Å². The summed E-state index contributed by atoms with van der Waals surface area (Å²) in [5.74, 6) is 0. The maximum Gasteiger partial charge on any atom is 0.0495 e. The predicted octanol–water partition coefficient (Wildman–Crippen LogP) is 4.60. The van der Waals surface area contributed by atoms with Gasteiger partial charge < -0.3 is 4.99 Å². The molecule has 0 atom stereocenters. The molecular weight excluding hydrogens is 234 g/mol. The number of hydrogen-bond acceptors (Lipinski definition) is 3. The summed E-state index contributed by atoms with van der Waals surface area (Å²) in [6, 6.07) is 0.670. The molecular formula is C16H33N3. The lowest BCUT2D eigenvalue weighted by atomic mass is 9.96. The fraction of sp³-hybridized carbons (Fsp3) is 0.812. The SMILES string of the molecule is CC=NC1CCCCC1.CC=NCC.CCC=NC.